The zero-order valence-electron chi connectivity index (χ0n) is 14.9. The summed E-state index contributed by atoms with van der Waals surface area (Å²) in [5.41, 5.74) is 4.27. The molecule has 6 heteroatoms. The Bertz CT molecular complexity index is 1070. The molecular formula is C20H22N6. The van der Waals surface area contributed by atoms with Crippen LogP contribution in [-0.4, -0.2) is 24.7 Å². The highest BCUT2D eigenvalue weighted by molar-refractivity contribution is 5.83. The molecule has 0 bridgehead atoms. The summed E-state index contributed by atoms with van der Waals surface area (Å²) in [5.74, 6) is 0.635. The van der Waals surface area contributed by atoms with Crippen LogP contribution in [0.2, 0.25) is 0 Å². The first-order valence-electron chi connectivity index (χ1n) is 9.32. The van der Waals surface area contributed by atoms with Crippen molar-refractivity contribution in [2.75, 3.05) is 5.32 Å². The van der Waals surface area contributed by atoms with Crippen LogP contribution in [0.3, 0.4) is 0 Å². The summed E-state index contributed by atoms with van der Waals surface area (Å²) >= 11 is 0. The van der Waals surface area contributed by atoms with Crippen LogP contribution >= 0.6 is 0 Å². The van der Waals surface area contributed by atoms with Crippen molar-refractivity contribution in [3.8, 4) is 0 Å². The van der Waals surface area contributed by atoms with E-state index >= 15 is 0 Å². The van der Waals surface area contributed by atoms with Crippen LogP contribution in [0.4, 0.5) is 11.6 Å². The normalized spacial score (nSPS) is 15.7. The van der Waals surface area contributed by atoms with Crippen LogP contribution < -0.4 is 5.32 Å². The van der Waals surface area contributed by atoms with Crippen molar-refractivity contribution in [3.05, 3.63) is 42.4 Å². The number of aromatic nitrogens is 5. The SMILES string of the molecule is Cc1cn(C2CCCCC2)c2nc(Nc3ccc4[nH]ncc4c3)ncc12. The molecule has 0 aliphatic heterocycles. The van der Waals surface area contributed by atoms with Gasteiger partial charge in [-0.15, -0.1) is 0 Å². The first kappa shape index (κ1) is 15.4. The van der Waals surface area contributed by atoms with Gasteiger partial charge in [0.15, 0.2) is 0 Å². The molecule has 3 aromatic heterocycles. The molecule has 1 fully saturated rings. The fourth-order valence-electron chi connectivity index (χ4n) is 4.03. The number of benzene rings is 1. The van der Waals surface area contributed by atoms with Crippen molar-refractivity contribution in [1.82, 2.24) is 24.7 Å². The molecule has 5 rings (SSSR count). The number of aromatic amines is 1. The Morgan fingerprint density at radius 1 is 1.15 bits per heavy atom. The van der Waals surface area contributed by atoms with Crippen molar-refractivity contribution < 1.29 is 0 Å². The third-order valence-corrected chi connectivity index (χ3v) is 5.44. The van der Waals surface area contributed by atoms with Gasteiger partial charge in [-0.3, -0.25) is 5.10 Å². The molecule has 0 saturated heterocycles. The van der Waals surface area contributed by atoms with E-state index in [1.807, 2.05) is 24.5 Å². The summed E-state index contributed by atoms with van der Waals surface area (Å²) in [4.78, 5) is 9.38. The maximum Gasteiger partial charge on any atom is 0.229 e. The minimum Gasteiger partial charge on any atom is -0.329 e. The number of fused-ring (bicyclic) bond motifs is 2. The Labute approximate surface area is 151 Å². The number of nitrogens with zero attached hydrogens (tertiary/aromatic N) is 4. The van der Waals surface area contributed by atoms with Gasteiger partial charge in [0.05, 0.1) is 11.7 Å². The predicted molar refractivity (Wildman–Crippen MR) is 104 cm³/mol. The summed E-state index contributed by atoms with van der Waals surface area (Å²) in [6.45, 7) is 2.14. The quantitative estimate of drug-likeness (QED) is 0.555. The Balaban J connectivity index is 1.51. The van der Waals surface area contributed by atoms with Gasteiger partial charge in [0.2, 0.25) is 5.95 Å². The molecule has 0 unspecified atom stereocenters. The molecule has 1 saturated carbocycles. The van der Waals surface area contributed by atoms with E-state index in [1.54, 1.807) is 0 Å². The number of hydrogen-bond acceptors (Lipinski definition) is 4. The van der Waals surface area contributed by atoms with Crippen molar-refractivity contribution in [2.24, 2.45) is 0 Å². The van der Waals surface area contributed by atoms with Gasteiger partial charge in [0.25, 0.3) is 0 Å². The van der Waals surface area contributed by atoms with Crippen LogP contribution in [0.1, 0.15) is 43.7 Å². The Morgan fingerprint density at radius 3 is 2.92 bits per heavy atom. The molecule has 1 aromatic carbocycles. The molecule has 0 atom stereocenters. The Hall–Kier alpha value is -2.89. The zero-order chi connectivity index (χ0) is 17.5. The van der Waals surface area contributed by atoms with Gasteiger partial charge in [0, 0.05) is 34.9 Å². The van der Waals surface area contributed by atoms with Crippen LogP contribution in [0, 0.1) is 6.92 Å². The monoisotopic (exact) mass is 346 g/mol. The first-order valence-corrected chi connectivity index (χ1v) is 9.32. The summed E-state index contributed by atoms with van der Waals surface area (Å²) in [7, 11) is 0. The molecule has 1 aliphatic rings. The largest absolute Gasteiger partial charge is 0.329 e. The van der Waals surface area contributed by atoms with Crippen molar-refractivity contribution in [3.63, 3.8) is 0 Å². The molecular weight excluding hydrogens is 324 g/mol. The molecule has 0 spiro atoms. The van der Waals surface area contributed by atoms with Gasteiger partial charge < -0.3 is 9.88 Å². The lowest BCUT2D eigenvalue weighted by molar-refractivity contribution is 0.359. The highest BCUT2D eigenvalue weighted by atomic mass is 15.2. The van der Waals surface area contributed by atoms with Crippen molar-refractivity contribution >= 4 is 33.6 Å². The summed E-state index contributed by atoms with van der Waals surface area (Å²) in [6.07, 6.45) is 12.5. The second-order valence-corrected chi connectivity index (χ2v) is 7.24. The fraction of sp³-hybridized carbons (Fsp3) is 0.350. The summed E-state index contributed by atoms with van der Waals surface area (Å²) in [6, 6.07) is 6.64. The molecule has 132 valence electrons. The number of anilines is 2. The predicted octanol–water partition coefficient (Wildman–Crippen LogP) is 4.86. The Morgan fingerprint density at radius 2 is 2.04 bits per heavy atom. The maximum atomic E-state index is 4.85. The van der Waals surface area contributed by atoms with Gasteiger partial charge in [-0.2, -0.15) is 10.1 Å². The second-order valence-electron chi connectivity index (χ2n) is 7.24. The minimum absolute atomic E-state index is 0.560. The lowest BCUT2D eigenvalue weighted by atomic mass is 9.95. The van der Waals surface area contributed by atoms with E-state index in [0.29, 0.717) is 12.0 Å². The van der Waals surface area contributed by atoms with E-state index in [-0.39, 0.29) is 0 Å². The van der Waals surface area contributed by atoms with Gasteiger partial charge in [-0.25, -0.2) is 4.98 Å². The van der Waals surface area contributed by atoms with Crippen LogP contribution in [0.25, 0.3) is 21.9 Å². The maximum absolute atomic E-state index is 4.85. The van der Waals surface area contributed by atoms with E-state index < -0.39 is 0 Å². The van der Waals surface area contributed by atoms with Gasteiger partial charge in [-0.05, 0) is 43.5 Å². The standard InChI is InChI=1S/C20H22N6/c1-13-12-26(16-5-3-2-4-6-16)19-17(13)11-21-20(24-19)23-15-7-8-18-14(9-15)10-22-25-18/h7-12,16H,2-6H2,1H3,(H,22,25)(H,21,23,24). The molecule has 26 heavy (non-hydrogen) atoms. The lowest BCUT2D eigenvalue weighted by Crippen LogP contribution is -2.12. The first-order chi connectivity index (χ1) is 12.8. The van der Waals surface area contributed by atoms with Gasteiger partial charge in [-0.1, -0.05) is 19.3 Å². The number of aryl methyl sites for hydroxylation is 1. The fourth-order valence-corrected chi connectivity index (χ4v) is 4.03. The third kappa shape index (κ3) is 2.62. The second kappa shape index (κ2) is 6.12. The minimum atomic E-state index is 0.560. The number of H-pyrrole nitrogens is 1. The Kier molecular flexibility index (Phi) is 3.62. The molecule has 2 N–H and O–H groups in total. The van der Waals surface area contributed by atoms with Crippen molar-refractivity contribution in [1.29, 1.82) is 0 Å². The zero-order valence-corrected chi connectivity index (χ0v) is 14.9. The molecule has 0 radical (unpaired) electrons. The molecule has 6 nitrogen and oxygen atoms in total. The third-order valence-electron chi connectivity index (χ3n) is 5.44. The van der Waals surface area contributed by atoms with E-state index in [9.17, 15) is 0 Å². The average molecular weight is 346 g/mol. The lowest BCUT2D eigenvalue weighted by Gasteiger charge is -2.23. The molecule has 4 aromatic rings. The topological polar surface area (TPSA) is 71.4 Å². The van der Waals surface area contributed by atoms with Crippen LogP contribution in [0.5, 0.6) is 0 Å². The van der Waals surface area contributed by atoms with Crippen LogP contribution in [0.15, 0.2) is 36.8 Å². The van der Waals surface area contributed by atoms with E-state index in [2.05, 4.69) is 44.3 Å². The highest BCUT2D eigenvalue weighted by Gasteiger charge is 2.19. The van der Waals surface area contributed by atoms with Crippen LogP contribution in [-0.2, 0) is 0 Å². The number of rotatable bonds is 3. The smallest absolute Gasteiger partial charge is 0.229 e. The van der Waals surface area contributed by atoms with Crippen molar-refractivity contribution in [2.45, 2.75) is 45.1 Å². The van der Waals surface area contributed by atoms with Gasteiger partial charge >= 0.3 is 0 Å². The highest BCUT2D eigenvalue weighted by Crippen LogP contribution is 2.32. The molecule has 3 heterocycles. The summed E-state index contributed by atoms with van der Waals surface area (Å²) in [5, 5.41) is 12.6. The van der Waals surface area contributed by atoms with E-state index in [4.69, 9.17) is 4.98 Å². The number of nitrogens with one attached hydrogen (secondary N) is 2. The number of hydrogen-bond donors (Lipinski definition) is 2. The molecule has 1 aliphatic carbocycles. The van der Waals surface area contributed by atoms with E-state index in [0.717, 1.165) is 27.6 Å². The average Bonchev–Trinajstić information content (AvgIpc) is 3.26. The van der Waals surface area contributed by atoms with Gasteiger partial charge in [0.1, 0.15) is 5.65 Å². The summed E-state index contributed by atoms with van der Waals surface area (Å²) < 4.78 is 2.37. The molecule has 0 amide bonds. The van der Waals surface area contributed by atoms with E-state index in [1.165, 1.54) is 37.7 Å².